The highest BCUT2D eigenvalue weighted by Gasteiger charge is 2.42. The number of allylic oxidation sites excluding steroid dienone is 2. The van der Waals surface area contributed by atoms with Crippen LogP contribution < -0.4 is 0 Å². The summed E-state index contributed by atoms with van der Waals surface area (Å²) < 4.78 is 48.1. The van der Waals surface area contributed by atoms with E-state index >= 15 is 0 Å². The van der Waals surface area contributed by atoms with E-state index in [4.69, 9.17) is 4.43 Å². The van der Waals surface area contributed by atoms with Crippen molar-refractivity contribution in [1.29, 1.82) is 0 Å². The van der Waals surface area contributed by atoms with Gasteiger partial charge in [-0.05, 0) is 38.3 Å². The lowest BCUT2D eigenvalue weighted by Gasteiger charge is -2.27. The second kappa shape index (κ2) is 6.56. The Labute approximate surface area is 115 Å². The summed E-state index contributed by atoms with van der Waals surface area (Å²) in [4.78, 5) is 0. The summed E-state index contributed by atoms with van der Waals surface area (Å²) in [5.41, 5.74) is 0. The van der Waals surface area contributed by atoms with Crippen molar-refractivity contribution in [3.05, 3.63) is 25.3 Å². The van der Waals surface area contributed by atoms with E-state index in [1.165, 1.54) is 0 Å². The van der Waals surface area contributed by atoms with Gasteiger partial charge in [0.1, 0.15) is 0 Å². The minimum Gasteiger partial charge on any atom is -0.528 e. The van der Waals surface area contributed by atoms with Crippen molar-refractivity contribution in [2.75, 3.05) is 0 Å². The van der Waals surface area contributed by atoms with Crippen molar-refractivity contribution < 1.29 is 17.6 Å². The topological polar surface area (TPSA) is 21.6 Å². The molecule has 0 aliphatic carbocycles. The summed E-state index contributed by atoms with van der Waals surface area (Å²) in [6.07, 6.45) is -1.35. The van der Waals surface area contributed by atoms with Crippen LogP contribution in [0.4, 0.5) is 13.2 Å². The number of alkyl halides is 3. The predicted molar refractivity (Wildman–Crippen MR) is 79.5 cm³/mol. The molecule has 0 aromatic carbocycles. The van der Waals surface area contributed by atoms with E-state index in [2.05, 4.69) is 17.8 Å². The molecule has 0 saturated heterocycles. The fraction of sp³-hybridized carbons (Fsp3) is 0.583. The maximum Gasteiger partial charge on any atom is 0.465 e. The van der Waals surface area contributed by atoms with Gasteiger partial charge in [0.25, 0.3) is 14.2 Å². The molecular formula is C12H22F3NOSi2. The molecule has 0 heterocycles. The van der Waals surface area contributed by atoms with Gasteiger partial charge in [0, 0.05) is 0 Å². The van der Waals surface area contributed by atoms with Crippen molar-refractivity contribution in [2.45, 2.75) is 44.5 Å². The molecule has 7 heteroatoms. The average molecular weight is 309 g/mol. The second-order valence-electron chi connectivity index (χ2n) is 5.57. The molecule has 19 heavy (non-hydrogen) atoms. The third-order valence-electron chi connectivity index (χ3n) is 2.30. The van der Waals surface area contributed by atoms with Crippen molar-refractivity contribution in [2.24, 2.45) is 4.66 Å². The quantitative estimate of drug-likeness (QED) is 0.300. The first-order valence-electron chi connectivity index (χ1n) is 6.01. The van der Waals surface area contributed by atoms with E-state index < -0.39 is 28.6 Å². The first-order chi connectivity index (χ1) is 8.43. The Bertz CT molecular complexity index is 362. The van der Waals surface area contributed by atoms with Crippen LogP contribution in [0.1, 0.15) is 0 Å². The van der Waals surface area contributed by atoms with Gasteiger partial charge < -0.3 is 4.43 Å². The van der Waals surface area contributed by atoms with Crippen LogP contribution in [0.25, 0.3) is 0 Å². The Morgan fingerprint density at radius 2 is 1.58 bits per heavy atom. The van der Waals surface area contributed by atoms with Crippen LogP contribution in [0.2, 0.25) is 38.3 Å². The van der Waals surface area contributed by atoms with Crippen LogP contribution in [0.5, 0.6) is 0 Å². The number of nitrogens with zero attached hydrogens (tertiary/aromatic N) is 1. The first-order valence-corrected chi connectivity index (χ1v) is 12.3. The zero-order valence-corrected chi connectivity index (χ0v) is 14.0. The monoisotopic (exact) mass is 309 g/mol. The van der Waals surface area contributed by atoms with Crippen molar-refractivity contribution >= 4 is 22.5 Å². The highest BCUT2D eigenvalue weighted by molar-refractivity contribution is 6.78. The van der Waals surface area contributed by atoms with Crippen molar-refractivity contribution in [1.82, 2.24) is 0 Å². The molecule has 0 aromatic heterocycles. The average Bonchev–Trinajstić information content (AvgIpc) is 2.13. The fourth-order valence-electron chi connectivity index (χ4n) is 1.47. The van der Waals surface area contributed by atoms with Crippen LogP contribution in [-0.4, -0.2) is 28.6 Å². The van der Waals surface area contributed by atoms with Gasteiger partial charge >= 0.3 is 6.18 Å². The molecule has 0 saturated carbocycles. The predicted octanol–water partition coefficient (Wildman–Crippen LogP) is 4.75. The van der Waals surface area contributed by atoms with E-state index in [9.17, 15) is 13.2 Å². The smallest absolute Gasteiger partial charge is 0.465 e. The summed E-state index contributed by atoms with van der Waals surface area (Å²) >= 11 is 0. The SMILES string of the molecule is C=CC[Si](C)(C)/N=C(\O[Si](C)(C)CC=C)C(F)(F)F. The molecule has 0 N–H and O–H groups in total. The van der Waals surface area contributed by atoms with Gasteiger partial charge in [-0.1, -0.05) is 12.2 Å². The summed E-state index contributed by atoms with van der Waals surface area (Å²) in [6.45, 7) is 14.1. The lowest BCUT2D eigenvalue weighted by Crippen LogP contribution is -2.41. The van der Waals surface area contributed by atoms with Crippen LogP contribution in [0, 0.1) is 0 Å². The molecule has 2 nitrogen and oxygen atoms in total. The number of halogens is 3. The lowest BCUT2D eigenvalue weighted by atomic mass is 10.7. The molecule has 0 radical (unpaired) electrons. The number of hydrogen-bond acceptors (Lipinski definition) is 2. The molecule has 0 spiro atoms. The Balaban J connectivity index is 5.30. The third kappa shape index (κ3) is 7.36. The largest absolute Gasteiger partial charge is 0.528 e. The summed E-state index contributed by atoms with van der Waals surface area (Å²) in [7, 11) is -4.85. The first kappa shape index (κ1) is 18.2. The maximum absolute atomic E-state index is 13.0. The highest BCUT2D eigenvalue weighted by atomic mass is 28.4. The standard InChI is InChI=1S/C12H22F3NOSi2/c1-7-9-18(3,4)16-11(12(13,14)15)17-19(5,6)10-8-2/h7-8H,1-2,9-10H2,3-6H3/b16-11-. The van der Waals surface area contributed by atoms with Gasteiger partial charge in [-0.15, -0.1) is 13.2 Å². The molecule has 0 amide bonds. The zero-order chi connectivity index (χ0) is 15.3. The van der Waals surface area contributed by atoms with Gasteiger partial charge in [-0.2, -0.15) is 13.2 Å². The Morgan fingerprint density at radius 3 is 1.95 bits per heavy atom. The molecular weight excluding hydrogens is 287 g/mol. The second-order valence-corrected chi connectivity index (χ2v) is 14.0. The zero-order valence-electron chi connectivity index (χ0n) is 12.0. The summed E-state index contributed by atoms with van der Waals surface area (Å²) in [6, 6.07) is 0.935. The van der Waals surface area contributed by atoms with E-state index in [0.717, 1.165) is 0 Å². The highest BCUT2D eigenvalue weighted by Crippen LogP contribution is 2.25. The van der Waals surface area contributed by atoms with Gasteiger partial charge in [-0.25, -0.2) is 0 Å². The Kier molecular flexibility index (Phi) is 6.27. The molecule has 0 unspecified atom stereocenters. The normalized spacial score (nSPS) is 14.2. The molecule has 0 aliphatic rings. The van der Waals surface area contributed by atoms with Crippen LogP contribution in [0.15, 0.2) is 30.0 Å². The van der Waals surface area contributed by atoms with Crippen LogP contribution >= 0.6 is 0 Å². The number of hydrogen-bond donors (Lipinski definition) is 0. The Morgan fingerprint density at radius 1 is 1.11 bits per heavy atom. The maximum atomic E-state index is 13.0. The van der Waals surface area contributed by atoms with Crippen molar-refractivity contribution in [3.63, 3.8) is 0 Å². The molecule has 0 atom stereocenters. The molecule has 0 aliphatic heterocycles. The molecule has 0 aromatic rings. The van der Waals surface area contributed by atoms with Crippen molar-refractivity contribution in [3.8, 4) is 0 Å². The number of rotatable bonds is 6. The molecule has 0 fully saturated rings. The molecule has 0 rings (SSSR count). The lowest BCUT2D eigenvalue weighted by molar-refractivity contribution is -0.0713. The van der Waals surface area contributed by atoms with E-state index in [1.807, 2.05) is 0 Å². The van der Waals surface area contributed by atoms with E-state index in [-0.39, 0.29) is 0 Å². The van der Waals surface area contributed by atoms with Gasteiger partial charge in [-0.3, -0.25) is 4.66 Å². The van der Waals surface area contributed by atoms with E-state index in [1.54, 1.807) is 38.3 Å². The summed E-state index contributed by atoms with van der Waals surface area (Å²) in [5, 5.41) is 0. The van der Waals surface area contributed by atoms with Gasteiger partial charge in [0.15, 0.2) is 8.24 Å². The summed E-state index contributed by atoms with van der Waals surface area (Å²) in [5.74, 6) is -1.08. The minimum absolute atomic E-state index is 0.450. The minimum atomic E-state index is -4.54. The Hall–Kier alpha value is -0.826. The van der Waals surface area contributed by atoms with Crippen LogP contribution in [0.3, 0.4) is 0 Å². The third-order valence-corrected chi connectivity index (χ3v) is 6.41. The van der Waals surface area contributed by atoms with E-state index in [0.29, 0.717) is 12.1 Å². The van der Waals surface area contributed by atoms with Crippen LogP contribution in [-0.2, 0) is 4.43 Å². The van der Waals surface area contributed by atoms with Gasteiger partial charge in [0.2, 0.25) is 0 Å². The van der Waals surface area contributed by atoms with Gasteiger partial charge in [0.05, 0.1) is 0 Å². The molecule has 0 bridgehead atoms. The molecule has 110 valence electrons. The fourth-order valence-corrected chi connectivity index (χ4v) is 4.54.